The standard InChI is InChI=1S/C16H12N2O2/c1-20-14-5-4-11-8-13(3-2-12(11)9-14)15-6-7-17-16(10-19)18-15/h2-10H,1H3. The maximum Gasteiger partial charge on any atom is 0.193 e. The Bertz CT molecular complexity index is 784. The molecular formula is C16H12N2O2. The van der Waals surface area contributed by atoms with Crippen LogP contribution in [0, 0.1) is 0 Å². The zero-order valence-corrected chi connectivity index (χ0v) is 10.9. The number of rotatable bonds is 3. The Morgan fingerprint density at radius 2 is 1.85 bits per heavy atom. The molecule has 1 aromatic heterocycles. The molecule has 0 unspecified atom stereocenters. The van der Waals surface area contributed by atoms with Crippen LogP contribution < -0.4 is 4.74 Å². The van der Waals surface area contributed by atoms with Crippen LogP contribution in [0.5, 0.6) is 5.75 Å². The summed E-state index contributed by atoms with van der Waals surface area (Å²) in [5.41, 5.74) is 1.69. The Kier molecular flexibility index (Phi) is 3.13. The number of methoxy groups -OCH3 is 1. The van der Waals surface area contributed by atoms with Crippen LogP contribution in [-0.2, 0) is 0 Å². The summed E-state index contributed by atoms with van der Waals surface area (Å²) < 4.78 is 5.21. The van der Waals surface area contributed by atoms with E-state index in [0.29, 0.717) is 6.29 Å². The van der Waals surface area contributed by atoms with E-state index in [1.54, 1.807) is 19.4 Å². The molecule has 0 aliphatic rings. The minimum atomic E-state index is 0.192. The number of fused-ring (bicyclic) bond motifs is 1. The van der Waals surface area contributed by atoms with Crippen LogP contribution >= 0.6 is 0 Å². The highest BCUT2D eigenvalue weighted by Gasteiger charge is 2.04. The number of hydrogen-bond donors (Lipinski definition) is 0. The lowest BCUT2D eigenvalue weighted by Gasteiger charge is -2.05. The Hall–Kier alpha value is -2.75. The van der Waals surface area contributed by atoms with Crippen molar-refractivity contribution in [2.45, 2.75) is 0 Å². The second-order valence-corrected chi connectivity index (χ2v) is 4.35. The third-order valence-corrected chi connectivity index (χ3v) is 3.12. The van der Waals surface area contributed by atoms with Crippen molar-refractivity contribution in [2.75, 3.05) is 7.11 Å². The molecular weight excluding hydrogens is 252 g/mol. The van der Waals surface area contributed by atoms with E-state index in [-0.39, 0.29) is 5.82 Å². The number of benzene rings is 2. The van der Waals surface area contributed by atoms with Gasteiger partial charge in [-0.25, -0.2) is 9.97 Å². The molecule has 0 bridgehead atoms. The fraction of sp³-hybridized carbons (Fsp3) is 0.0625. The molecule has 98 valence electrons. The van der Waals surface area contributed by atoms with Gasteiger partial charge in [-0.3, -0.25) is 4.79 Å². The fourth-order valence-corrected chi connectivity index (χ4v) is 2.10. The topological polar surface area (TPSA) is 52.1 Å². The number of carbonyl (C=O) groups is 1. The third-order valence-electron chi connectivity index (χ3n) is 3.12. The zero-order chi connectivity index (χ0) is 13.9. The van der Waals surface area contributed by atoms with Gasteiger partial charge in [0.15, 0.2) is 12.1 Å². The second-order valence-electron chi connectivity index (χ2n) is 4.35. The summed E-state index contributed by atoms with van der Waals surface area (Å²) >= 11 is 0. The maximum atomic E-state index is 10.7. The Morgan fingerprint density at radius 3 is 2.65 bits per heavy atom. The SMILES string of the molecule is COc1ccc2cc(-c3ccnc(C=O)n3)ccc2c1. The van der Waals surface area contributed by atoms with Crippen molar-refractivity contribution >= 4 is 17.1 Å². The highest BCUT2D eigenvalue weighted by molar-refractivity contribution is 5.88. The molecule has 3 aromatic rings. The van der Waals surface area contributed by atoms with Crippen molar-refractivity contribution in [2.24, 2.45) is 0 Å². The molecule has 0 fully saturated rings. The Morgan fingerprint density at radius 1 is 1.05 bits per heavy atom. The molecule has 0 saturated carbocycles. The van der Waals surface area contributed by atoms with Gasteiger partial charge in [-0.05, 0) is 35.0 Å². The highest BCUT2D eigenvalue weighted by atomic mass is 16.5. The average molecular weight is 264 g/mol. The molecule has 20 heavy (non-hydrogen) atoms. The van der Waals surface area contributed by atoms with E-state index in [1.807, 2.05) is 36.4 Å². The molecule has 0 amide bonds. The fourth-order valence-electron chi connectivity index (χ4n) is 2.10. The van der Waals surface area contributed by atoms with E-state index < -0.39 is 0 Å². The van der Waals surface area contributed by atoms with Crippen LogP contribution in [0.1, 0.15) is 10.6 Å². The summed E-state index contributed by atoms with van der Waals surface area (Å²) in [6.07, 6.45) is 2.24. The van der Waals surface area contributed by atoms with E-state index in [4.69, 9.17) is 4.74 Å². The predicted octanol–water partition coefficient (Wildman–Crippen LogP) is 3.12. The van der Waals surface area contributed by atoms with Gasteiger partial charge in [-0.15, -0.1) is 0 Å². The number of hydrogen-bond acceptors (Lipinski definition) is 4. The predicted molar refractivity (Wildman–Crippen MR) is 76.9 cm³/mol. The maximum absolute atomic E-state index is 10.7. The normalized spacial score (nSPS) is 10.4. The number of aldehydes is 1. The number of ether oxygens (including phenoxy) is 1. The van der Waals surface area contributed by atoms with Crippen LogP contribution in [0.15, 0.2) is 48.7 Å². The summed E-state index contributed by atoms with van der Waals surface area (Å²) in [6, 6.07) is 13.7. The minimum Gasteiger partial charge on any atom is -0.497 e. The average Bonchev–Trinajstić information content (AvgIpc) is 2.54. The summed E-state index contributed by atoms with van der Waals surface area (Å²) in [6.45, 7) is 0. The molecule has 4 nitrogen and oxygen atoms in total. The Labute approximate surface area is 116 Å². The van der Waals surface area contributed by atoms with Crippen molar-refractivity contribution in [3.63, 3.8) is 0 Å². The lowest BCUT2D eigenvalue weighted by atomic mass is 10.0. The quantitative estimate of drug-likeness (QED) is 0.682. The van der Waals surface area contributed by atoms with Crippen LogP contribution in [0.4, 0.5) is 0 Å². The first-order valence-corrected chi connectivity index (χ1v) is 6.16. The minimum absolute atomic E-state index is 0.192. The molecule has 0 spiro atoms. The molecule has 0 N–H and O–H groups in total. The highest BCUT2D eigenvalue weighted by Crippen LogP contribution is 2.25. The largest absolute Gasteiger partial charge is 0.497 e. The molecule has 0 saturated heterocycles. The first kappa shape index (κ1) is 12.3. The summed E-state index contributed by atoms with van der Waals surface area (Å²) in [4.78, 5) is 18.8. The van der Waals surface area contributed by atoms with Gasteiger partial charge in [0.05, 0.1) is 12.8 Å². The van der Waals surface area contributed by atoms with E-state index in [0.717, 1.165) is 27.8 Å². The van der Waals surface area contributed by atoms with Crippen LogP contribution in [0.25, 0.3) is 22.0 Å². The van der Waals surface area contributed by atoms with Gasteiger partial charge in [-0.1, -0.05) is 18.2 Å². The first-order chi connectivity index (χ1) is 9.80. The summed E-state index contributed by atoms with van der Waals surface area (Å²) in [5, 5.41) is 2.19. The van der Waals surface area contributed by atoms with E-state index in [9.17, 15) is 4.79 Å². The summed E-state index contributed by atoms with van der Waals surface area (Å²) in [5.74, 6) is 1.02. The van der Waals surface area contributed by atoms with Crippen LogP contribution in [0.3, 0.4) is 0 Å². The molecule has 1 heterocycles. The van der Waals surface area contributed by atoms with Crippen molar-refractivity contribution in [3.8, 4) is 17.0 Å². The lowest BCUT2D eigenvalue weighted by Crippen LogP contribution is -1.93. The van der Waals surface area contributed by atoms with Gasteiger partial charge in [0.25, 0.3) is 0 Å². The smallest absolute Gasteiger partial charge is 0.193 e. The van der Waals surface area contributed by atoms with Crippen LogP contribution in [0.2, 0.25) is 0 Å². The first-order valence-electron chi connectivity index (χ1n) is 6.16. The molecule has 4 heteroatoms. The third kappa shape index (κ3) is 2.23. The molecule has 0 aliphatic heterocycles. The molecule has 0 radical (unpaired) electrons. The number of aromatic nitrogens is 2. The molecule has 3 rings (SSSR count). The van der Waals surface area contributed by atoms with Gasteiger partial charge in [-0.2, -0.15) is 0 Å². The van der Waals surface area contributed by atoms with E-state index in [2.05, 4.69) is 9.97 Å². The number of carbonyl (C=O) groups excluding carboxylic acids is 1. The van der Waals surface area contributed by atoms with E-state index >= 15 is 0 Å². The second kappa shape index (κ2) is 5.09. The zero-order valence-electron chi connectivity index (χ0n) is 10.9. The monoisotopic (exact) mass is 264 g/mol. The van der Waals surface area contributed by atoms with Gasteiger partial charge in [0.1, 0.15) is 5.75 Å². The van der Waals surface area contributed by atoms with Gasteiger partial charge < -0.3 is 4.74 Å². The van der Waals surface area contributed by atoms with Gasteiger partial charge in [0.2, 0.25) is 0 Å². The lowest BCUT2D eigenvalue weighted by molar-refractivity contribution is 0.111. The molecule has 0 atom stereocenters. The van der Waals surface area contributed by atoms with Gasteiger partial charge in [0, 0.05) is 11.8 Å². The number of nitrogens with zero attached hydrogens (tertiary/aromatic N) is 2. The van der Waals surface area contributed by atoms with Crippen molar-refractivity contribution < 1.29 is 9.53 Å². The Balaban J connectivity index is 2.10. The van der Waals surface area contributed by atoms with Gasteiger partial charge >= 0.3 is 0 Å². The van der Waals surface area contributed by atoms with Crippen molar-refractivity contribution in [1.82, 2.24) is 9.97 Å². The van der Waals surface area contributed by atoms with Crippen molar-refractivity contribution in [3.05, 3.63) is 54.5 Å². The molecule has 2 aromatic carbocycles. The van der Waals surface area contributed by atoms with Crippen LogP contribution in [-0.4, -0.2) is 23.4 Å². The molecule has 0 aliphatic carbocycles. The van der Waals surface area contributed by atoms with E-state index in [1.165, 1.54) is 0 Å². The summed E-state index contributed by atoms with van der Waals surface area (Å²) in [7, 11) is 1.65. The van der Waals surface area contributed by atoms with Crippen molar-refractivity contribution in [1.29, 1.82) is 0 Å².